The van der Waals surface area contributed by atoms with Crippen LogP contribution in [0.1, 0.15) is 11.1 Å². The van der Waals surface area contributed by atoms with E-state index in [2.05, 4.69) is 96.5 Å². The first-order valence-corrected chi connectivity index (χ1v) is 10.2. The summed E-state index contributed by atoms with van der Waals surface area (Å²) in [6.45, 7) is 4.17. The number of allylic oxidation sites excluding steroid dienone is 4. The Morgan fingerprint density at radius 1 is 0.677 bits per heavy atom. The lowest BCUT2D eigenvalue weighted by Crippen LogP contribution is -1.89. The third-order valence-electron chi connectivity index (χ3n) is 5.11. The molecule has 2 heteroatoms. The minimum atomic E-state index is 0.739. The van der Waals surface area contributed by atoms with Gasteiger partial charge >= 0.3 is 0 Å². The lowest BCUT2D eigenvalue weighted by atomic mass is 10.0. The van der Waals surface area contributed by atoms with Crippen molar-refractivity contribution in [2.45, 2.75) is 0 Å². The molecule has 0 aromatic heterocycles. The van der Waals surface area contributed by atoms with Gasteiger partial charge in [0, 0.05) is 0 Å². The van der Waals surface area contributed by atoms with Crippen LogP contribution in [-0.2, 0) is 0 Å². The minimum absolute atomic E-state index is 0.739. The van der Waals surface area contributed by atoms with Crippen molar-refractivity contribution >= 4 is 40.0 Å². The van der Waals surface area contributed by atoms with Crippen molar-refractivity contribution in [3.05, 3.63) is 132 Å². The van der Waals surface area contributed by atoms with Crippen LogP contribution in [0.5, 0.6) is 0 Å². The van der Waals surface area contributed by atoms with Gasteiger partial charge in [-0.25, -0.2) is 4.99 Å². The van der Waals surface area contributed by atoms with Crippen molar-refractivity contribution in [1.82, 2.24) is 0 Å². The monoisotopic (exact) mass is 400 g/mol. The second kappa shape index (κ2) is 9.55. The van der Waals surface area contributed by atoms with Gasteiger partial charge in [0.15, 0.2) is 0 Å². The molecule has 4 aromatic carbocycles. The van der Waals surface area contributed by atoms with Gasteiger partial charge in [-0.1, -0.05) is 110 Å². The summed E-state index contributed by atoms with van der Waals surface area (Å²) in [7, 11) is 0. The fourth-order valence-electron chi connectivity index (χ4n) is 3.62. The van der Waals surface area contributed by atoms with E-state index in [1.54, 1.807) is 0 Å². The van der Waals surface area contributed by atoms with Crippen LogP contribution in [0.2, 0.25) is 0 Å². The molecule has 2 N–H and O–H groups in total. The summed E-state index contributed by atoms with van der Waals surface area (Å²) >= 11 is 0. The normalized spacial score (nSPS) is 12.6. The van der Waals surface area contributed by atoms with Crippen LogP contribution in [0.3, 0.4) is 0 Å². The number of rotatable bonds is 6. The first-order valence-electron chi connectivity index (χ1n) is 10.2. The smallest absolute Gasteiger partial charge is 0.0860 e. The largest absolute Gasteiger partial charge is 0.390 e. The highest BCUT2D eigenvalue weighted by molar-refractivity contribution is 5.91. The molecule has 0 atom stereocenters. The molecule has 0 aliphatic heterocycles. The number of fused-ring (bicyclic) bond motifs is 2. The predicted molar refractivity (Wildman–Crippen MR) is 136 cm³/mol. The van der Waals surface area contributed by atoms with Crippen molar-refractivity contribution in [1.29, 1.82) is 0 Å². The van der Waals surface area contributed by atoms with E-state index in [-0.39, 0.29) is 0 Å². The standard InChI is InChI=1S/C29H24N2/c1-22(16-17-25-12-6-10-23-8-2-4-14-28(23)25)20-27(31-21-30)19-18-26-13-7-11-24-9-3-5-15-29(24)26/h2-21H,1H2,(H2,30,31)/b17-16+,19-18+,27-20-. The molecule has 0 saturated heterocycles. The molecule has 0 bridgehead atoms. The molecular formula is C29H24N2. The van der Waals surface area contributed by atoms with Crippen LogP contribution in [-0.4, -0.2) is 6.34 Å². The second-order valence-electron chi connectivity index (χ2n) is 7.23. The van der Waals surface area contributed by atoms with E-state index in [1.165, 1.54) is 27.9 Å². The first-order chi connectivity index (χ1) is 15.2. The Kier molecular flexibility index (Phi) is 6.20. The maximum Gasteiger partial charge on any atom is 0.0860 e. The van der Waals surface area contributed by atoms with E-state index in [0.29, 0.717) is 0 Å². The Labute approximate surface area is 183 Å². The molecular weight excluding hydrogens is 376 g/mol. The van der Waals surface area contributed by atoms with Crippen LogP contribution in [0.15, 0.2) is 126 Å². The van der Waals surface area contributed by atoms with E-state index < -0.39 is 0 Å². The predicted octanol–water partition coefficient (Wildman–Crippen LogP) is 7.15. The minimum Gasteiger partial charge on any atom is -0.390 e. The lowest BCUT2D eigenvalue weighted by molar-refractivity contribution is 1.40. The summed E-state index contributed by atoms with van der Waals surface area (Å²) in [6.07, 6.45) is 11.3. The van der Waals surface area contributed by atoms with Crippen molar-refractivity contribution in [3.8, 4) is 0 Å². The van der Waals surface area contributed by atoms with Gasteiger partial charge in [0.1, 0.15) is 0 Å². The fourth-order valence-corrected chi connectivity index (χ4v) is 3.62. The Morgan fingerprint density at radius 3 is 1.77 bits per heavy atom. The molecule has 0 amide bonds. The van der Waals surface area contributed by atoms with Crippen molar-refractivity contribution < 1.29 is 0 Å². The molecule has 0 saturated carbocycles. The zero-order valence-electron chi connectivity index (χ0n) is 17.3. The molecule has 31 heavy (non-hydrogen) atoms. The van der Waals surface area contributed by atoms with Gasteiger partial charge in [0.25, 0.3) is 0 Å². The molecule has 4 rings (SSSR count). The molecule has 0 radical (unpaired) electrons. The maximum absolute atomic E-state index is 5.58. The van der Waals surface area contributed by atoms with E-state index >= 15 is 0 Å². The van der Waals surface area contributed by atoms with Gasteiger partial charge in [0.05, 0.1) is 12.0 Å². The number of benzene rings is 4. The maximum atomic E-state index is 5.58. The summed E-state index contributed by atoms with van der Waals surface area (Å²) in [5.41, 5.74) is 9.45. The van der Waals surface area contributed by atoms with Crippen LogP contribution in [0.4, 0.5) is 0 Å². The summed E-state index contributed by atoms with van der Waals surface area (Å²) in [6, 6.07) is 29.2. The Bertz CT molecular complexity index is 1340. The Morgan fingerprint density at radius 2 is 1.19 bits per heavy atom. The topological polar surface area (TPSA) is 38.4 Å². The number of aliphatic imine (C=N–C) groups is 1. The number of nitrogens with zero attached hydrogens (tertiary/aromatic N) is 1. The van der Waals surface area contributed by atoms with E-state index in [4.69, 9.17) is 5.73 Å². The molecule has 0 unspecified atom stereocenters. The van der Waals surface area contributed by atoms with Gasteiger partial charge in [-0.05, 0) is 50.4 Å². The quantitative estimate of drug-likeness (QED) is 0.208. The van der Waals surface area contributed by atoms with E-state index in [0.717, 1.165) is 22.4 Å². The molecule has 0 heterocycles. The van der Waals surface area contributed by atoms with Gasteiger partial charge < -0.3 is 5.73 Å². The SMILES string of the molecule is C=C(/C=C(/C=C/c1cccc2ccccc12)N=CN)/C=C/c1cccc2ccccc12. The molecule has 150 valence electrons. The van der Waals surface area contributed by atoms with Crippen LogP contribution < -0.4 is 5.73 Å². The first kappa shape index (κ1) is 20.1. The van der Waals surface area contributed by atoms with Gasteiger partial charge in [0.2, 0.25) is 0 Å². The lowest BCUT2D eigenvalue weighted by Gasteiger charge is -2.03. The summed E-state index contributed by atoms with van der Waals surface area (Å²) in [5, 5.41) is 4.85. The third-order valence-corrected chi connectivity index (χ3v) is 5.11. The fraction of sp³-hybridized carbons (Fsp3) is 0. The van der Waals surface area contributed by atoms with Crippen molar-refractivity contribution in [2.75, 3.05) is 0 Å². The zero-order chi connectivity index (χ0) is 21.5. The van der Waals surface area contributed by atoms with Crippen LogP contribution >= 0.6 is 0 Å². The molecule has 0 aliphatic rings. The summed E-state index contributed by atoms with van der Waals surface area (Å²) < 4.78 is 0. The summed E-state index contributed by atoms with van der Waals surface area (Å²) in [4.78, 5) is 4.30. The van der Waals surface area contributed by atoms with E-state index in [9.17, 15) is 0 Å². The summed E-state index contributed by atoms with van der Waals surface area (Å²) in [5.74, 6) is 0. The van der Waals surface area contributed by atoms with Crippen molar-refractivity contribution in [3.63, 3.8) is 0 Å². The average Bonchev–Trinajstić information content (AvgIpc) is 2.81. The Hall–Kier alpha value is -4.17. The number of nitrogens with two attached hydrogens (primary N) is 1. The molecule has 0 fully saturated rings. The average molecular weight is 401 g/mol. The second-order valence-corrected chi connectivity index (χ2v) is 7.23. The number of hydrogen-bond donors (Lipinski definition) is 1. The molecule has 0 spiro atoms. The van der Waals surface area contributed by atoms with Crippen LogP contribution in [0.25, 0.3) is 33.7 Å². The number of hydrogen-bond acceptors (Lipinski definition) is 1. The highest BCUT2D eigenvalue weighted by Crippen LogP contribution is 2.22. The zero-order valence-corrected chi connectivity index (χ0v) is 17.3. The molecule has 0 aliphatic carbocycles. The van der Waals surface area contributed by atoms with E-state index in [1.807, 2.05) is 30.4 Å². The molecule has 2 nitrogen and oxygen atoms in total. The highest BCUT2D eigenvalue weighted by atomic mass is 14.8. The Balaban J connectivity index is 1.59. The van der Waals surface area contributed by atoms with Crippen molar-refractivity contribution in [2.24, 2.45) is 10.7 Å². The van der Waals surface area contributed by atoms with Gasteiger partial charge in [-0.15, -0.1) is 0 Å². The molecule has 4 aromatic rings. The van der Waals surface area contributed by atoms with Crippen LogP contribution in [0, 0.1) is 0 Å². The highest BCUT2D eigenvalue weighted by Gasteiger charge is 1.98. The third kappa shape index (κ3) is 4.88. The van der Waals surface area contributed by atoms with Gasteiger partial charge in [-0.3, -0.25) is 0 Å². The van der Waals surface area contributed by atoms with Gasteiger partial charge in [-0.2, -0.15) is 0 Å².